The van der Waals surface area contributed by atoms with E-state index in [9.17, 15) is 8.42 Å². The van der Waals surface area contributed by atoms with E-state index in [-0.39, 0.29) is 14.9 Å². The molecule has 0 bridgehead atoms. The zero-order chi connectivity index (χ0) is 14.1. The van der Waals surface area contributed by atoms with Gasteiger partial charge < -0.3 is 0 Å². The molecule has 0 saturated heterocycles. The molecule has 18 heavy (non-hydrogen) atoms. The van der Waals surface area contributed by atoms with Gasteiger partial charge in [0.05, 0.1) is 16.1 Å². The maximum atomic E-state index is 12.1. The summed E-state index contributed by atoms with van der Waals surface area (Å²) in [6.07, 6.45) is 0. The molecule has 4 nitrogen and oxygen atoms in total. The van der Waals surface area contributed by atoms with Crippen LogP contribution in [0.25, 0.3) is 0 Å². The standard InChI is InChI=1S/C10H9BrCl2N2O2S/c1-10(2,5-14)15-18(16,17)9-7(12)3-6(11)4-8(9)13/h3-4,15H,1-2H3. The van der Waals surface area contributed by atoms with Crippen molar-refractivity contribution in [2.75, 3.05) is 0 Å². The highest BCUT2D eigenvalue weighted by molar-refractivity contribution is 9.10. The fraction of sp³-hybridized carbons (Fsp3) is 0.300. The van der Waals surface area contributed by atoms with Gasteiger partial charge in [0.1, 0.15) is 10.4 Å². The number of benzene rings is 1. The summed E-state index contributed by atoms with van der Waals surface area (Å²) in [4.78, 5) is -0.239. The highest BCUT2D eigenvalue weighted by Gasteiger charge is 2.29. The number of hydrogen-bond acceptors (Lipinski definition) is 3. The molecule has 98 valence electrons. The Labute approximate surface area is 124 Å². The van der Waals surface area contributed by atoms with E-state index in [0.717, 1.165) is 0 Å². The largest absolute Gasteiger partial charge is 0.244 e. The van der Waals surface area contributed by atoms with Gasteiger partial charge in [0.25, 0.3) is 0 Å². The van der Waals surface area contributed by atoms with Gasteiger partial charge in [0.2, 0.25) is 10.0 Å². The van der Waals surface area contributed by atoms with E-state index in [1.54, 1.807) is 0 Å². The predicted octanol–water partition coefficient (Wildman–Crippen LogP) is 3.34. The van der Waals surface area contributed by atoms with Gasteiger partial charge in [-0.1, -0.05) is 39.1 Å². The Hall–Kier alpha value is -0.320. The van der Waals surface area contributed by atoms with Gasteiger partial charge in [-0.2, -0.15) is 9.98 Å². The first-order chi connectivity index (χ1) is 8.09. The molecule has 0 spiro atoms. The van der Waals surface area contributed by atoms with E-state index in [2.05, 4.69) is 20.7 Å². The summed E-state index contributed by atoms with van der Waals surface area (Å²) in [7, 11) is -3.97. The number of rotatable bonds is 3. The van der Waals surface area contributed by atoms with Gasteiger partial charge in [0.15, 0.2) is 0 Å². The molecule has 0 atom stereocenters. The van der Waals surface area contributed by atoms with Crippen molar-refractivity contribution >= 4 is 49.2 Å². The van der Waals surface area contributed by atoms with Crippen LogP contribution in [0.5, 0.6) is 0 Å². The van der Waals surface area contributed by atoms with Crippen molar-refractivity contribution in [3.63, 3.8) is 0 Å². The number of nitrogens with zero attached hydrogens (tertiary/aromatic N) is 1. The van der Waals surface area contributed by atoms with Crippen LogP contribution in [-0.4, -0.2) is 14.0 Å². The molecule has 0 aromatic heterocycles. The van der Waals surface area contributed by atoms with E-state index in [1.807, 2.05) is 6.07 Å². The first-order valence-electron chi connectivity index (χ1n) is 4.69. The first-order valence-corrected chi connectivity index (χ1v) is 7.72. The molecule has 0 fully saturated rings. The van der Waals surface area contributed by atoms with Gasteiger partial charge in [-0.05, 0) is 26.0 Å². The Morgan fingerprint density at radius 1 is 1.33 bits per heavy atom. The Balaban J connectivity index is 3.36. The Bertz CT molecular complexity index is 600. The highest BCUT2D eigenvalue weighted by atomic mass is 79.9. The monoisotopic (exact) mass is 370 g/mol. The maximum Gasteiger partial charge on any atom is 0.244 e. The number of halogens is 3. The summed E-state index contributed by atoms with van der Waals surface area (Å²) >= 11 is 14.9. The molecule has 0 amide bonds. The summed E-state index contributed by atoms with van der Waals surface area (Å²) in [5.74, 6) is 0. The molecule has 1 aromatic rings. The van der Waals surface area contributed by atoms with Crippen LogP contribution >= 0.6 is 39.1 Å². The van der Waals surface area contributed by atoms with Crippen molar-refractivity contribution in [3.05, 3.63) is 26.7 Å². The predicted molar refractivity (Wildman–Crippen MR) is 74.2 cm³/mol. The minimum absolute atomic E-state index is 0.0179. The zero-order valence-electron chi connectivity index (χ0n) is 9.46. The quantitative estimate of drug-likeness (QED) is 0.885. The molecule has 8 heteroatoms. The number of nitriles is 1. The average molecular weight is 372 g/mol. The van der Waals surface area contributed by atoms with Crippen molar-refractivity contribution in [2.24, 2.45) is 0 Å². The van der Waals surface area contributed by atoms with Crippen LogP contribution in [-0.2, 0) is 10.0 Å². The van der Waals surface area contributed by atoms with Crippen molar-refractivity contribution < 1.29 is 8.42 Å². The number of hydrogen-bond donors (Lipinski definition) is 1. The molecule has 0 unspecified atom stereocenters. The molecular formula is C10H9BrCl2N2O2S. The SMILES string of the molecule is CC(C)(C#N)NS(=O)(=O)c1c(Cl)cc(Br)cc1Cl. The summed E-state index contributed by atoms with van der Waals surface area (Å²) in [6, 6.07) is 4.67. The van der Waals surface area contributed by atoms with Crippen LogP contribution in [0.15, 0.2) is 21.5 Å². The lowest BCUT2D eigenvalue weighted by Crippen LogP contribution is -2.42. The van der Waals surface area contributed by atoms with Crippen LogP contribution in [0.1, 0.15) is 13.8 Å². The molecule has 0 aliphatic heterocycles. The zero-order valence-corrected chi connectivity index (χ0v) is 13.4. The third kappa shape index (κ3) is 3.59. The molecular weight excluding hydrogens is 363 g/mol. The maximum absolute atomic E-state index is 12.1. The lowest BCUT2D eigenvalue weighted by molar-refractivity contribution is 0.536. The number of sulfonamides is 1. The van der Waals surface area contributed by atoms with Gasteiger partial charge in [-0.3, -0.25) is 0 Å². The topological polar surface area (TPSA) is 70.0 Å². The van der Waals surface area contributed by atoms with Crippen LogP contribution in [0.4, 0.5) is 0 Å². The van der Waals surface area contributed by atoms with Crippen molar-refractivity contribution in [3.8, 4) is 6.07 Å². The highest BCUT2D eigenvalue weighted by Crippen LogP contribution is 2.33. The summed E-state index contributed by atoms with van der Waals surface area (Å²) < 4.78 is 27.0. The first kappa shape index (κ1) is 15.7. The Kier molecular flexibility index (Phi) is 4.68. The van der Waals surface area contributed by atoms with Gasteiger partial charge in [0, 0.05) is 4.47 Å². The van der Waals surface area contributed by atoms with Crippen LogP contribution in [0.2, 0.25) is 10.0 Å². The van der Waals surface area contributed by atoms with E-state index < -0.39 is 15.6 Å². The second-order valence-electron chi connectivity index (χ2n) is 4.04. The second-order valence-corrected chi connectivity index (χ2v) is 7.39. The second kappa shape index (κ2) is 5.35. The lowest BCUT2D eigenvalue weighted by Gasteiger charge is -2.18. The van der Waals surface area contributed by atoms with Crippen molar-refractivity contribution in [2.45, 2.75) is 24.3 Å². The van der Waals surface area contributed by atoms with Crippen molar-refractivity contribution in [1.29, 1.82) is 5.26 Å². The van der Waals surface area contributed by atoms with E-state index in [1.165, 1.54) is 26.0 Å². The number of nitrogens with one attached hydrogen (secondary N) is 1. The fourth-order valence-electron chi connectivity index (χ4n) is 1.20. The Morgan fingerprint density at radius 3 is 2.17 bits per heavy atom. The normalized spacial score (nSPS) is 12.2. The van der Waals surface area contributed by atoms with Gasteiger partial charge in [-0.15, -0.1) is 0 Å². The van der Waals surface area contributed by atoms with Crippen LogP contribution in [0.3, 0.4) is 0 Å². The van der Waals surface area contributed by atoms with Gasteiger partial charge in [-0.25, -0.2) is 8.42 Å². The van der Waals surface area contributed by atoms with Crippen LogP contribution in [0, 0.1) is 11.3 Å². The van der Waals surface area contributed by atoms with Gasteiger partial charge >= 0.3 is 0 Å². The third-order valence-electron chi connectivity index (χ3n) is 1.90. The molecule has 1 N–H and O–H groups in total. The average Bonchev–Trinajstić information content (AvgIpc) is 2.13. The third-order valence-corrected chi connectivity index (χ3v) is 4.94. The summed E-state index contributed by atoms with van der Waals surface area (Å²) in [5, 5.41) is 8.80. The minimum Gasteiger partial charge on any atom is -0.207 e. The molecule has 0 heterocycles. The van der Waals surface area contributed by atoms with E-state index in [0.29, 0.717) is 4.47 Å². The molecule has 1 aromatic carbocycles. The molecule has 0 aliphatic rings. The molecule has 0 saturated carbocycles. The van der Waals surface area contributed by atoms with E-state index >= 15 is 0 Å². The summed E-state index contributed by atoms with van der Waals surface area (Å²) in [6.45, 7) is 2.87. The van der Waals surface area contributed by atoms with E-state index in [4.69, 9.17) is 28.5 Å². The minimum atomic E-state index is -3.97. The smallest absolute Gasteiger partial charge is 0.207 e. The Morgan fingerprint density at radius 2 is 1.78 bits per heavy atom. The van der Waals surface area contributed by atoms with Crippen LogP contribution < -0.4 is 4.72 Å². The summed E-state index contributed by atoms with van der Waals surface area (Å²) in [5.41, 5.74) is -1.25. The molecule has 1 rings (SSSR count). The lowest BCUT2D eigenvalue weighted by atomic mass is 10.1. The molecule has 0 radical (unpaired) electrons. The molecule has 0 aliphatic carbocycles. The van der Waals surface area contributed by atoms with Crippen molar-refractivity contribution in [1.82, 2.24) is 4.72 Å². The fourth-order valence-corrected chi connectivity index (χ4v) is 4.46.